The van der Waals surface area contributed by atoms with Gasteiger partial charge < -0.3 is 14.5 Å². The molecule has 0 amide bonds. The Balaban J connectivity index is 0.000000293. The van der Waals surface area contributed by atoms with Crippen LogP contribution >= 0.6 is 0 Å². The predicted octanol–water partition coefficient (Wildman–Crippen LogP) is 6.89. The number of unbranched alkanes of at least 4 members (excludes halogenated alkanes) is 2. The van der Waals surface area contributed by atoms with Crippen LogP contribution in [0.25, 0.3) is 43.5 Å². The Kier molecular flexibility index (Phi) is 7.73. The van der Waals surface area contributed by atoms with Gasteiger partial charge in [-0.25, -0.2) is 0 Å². The van der Waals surface area contributed by atoms with Gasteiger partial charge in [-0.05, 0) is 36.2 Å². The highest BCUT2D eigenvalue weighted by Gasteiger charge is 2.12. The van der Waals surface area contributed by atoms with Crippen molar-refractivity contribution >= 4 is 21.8 Å². The zero-order valence-corrected chi connectivity index (χ0v) is 18.1. The first-order valence-electron chi connectivity index (χ1n) is 10.3. The summed E-state index contributed by atoms with van der Waals surface area (Å²) in [6, 6.07) is 16.1. The summed E-state index contributed by atoms with van der Waals surface area (Å²) in [6.45, 7) is 2.78. The smallest absolute Gasteiger partial charge is 0.123 e. The molecule has 0 saturated heterocycles. The van der Waals surface area contributed by atoms with Crippen LogP contribution in [0.4, 0.5) is 0 Å². The highest BCUT2D eigenvalue weighted by Crippen LogP contribution is 2.34. The third-order valence-corrected chi connectivity index (χ3v) is 4.98. The fraction of sp³-hybridized carbons (Fsp3) is 0.292. The highest BCUT2D eigenvalue weighted by atomic mass is 16.5. The number of methoxy groups -OCH3 is 2. The Hall–Kier alpha value is -3.70. The zero-order valence-electron chi connectivity index (χ0n) is 18.1. The quantitative estimate of drug-likeness (QED) is 0.153. The molecule has 0 unspecified atom stereocenters. The van der Waals surface area contributed by atoms with E-state index in [9.17, 15) is 0 Å². The number of aromatic nitrogens is 2. The zero-order chi connectivity index (χ0) is 22.1. The van der Waals surface area contributed by atoms with Gasteiger partial charge in [0.05, 0.1) is 25.4 Å². The molecule has 0 radical (unpaired) electrons. The molecule has 0 aliphatic heterocycles. The van der Waals surface area contributed by atoms with E-state index in [1.54, 1.807) is 14.2 Å². The maximum atomic E-state index is 7.82. The molecule has 2 aromatic carbocycles. The van der Waals surface area contributed by atoms with Gasteiger partial charge in [-0.2, -0.15) is 0 Å². The number of benzene rings is 2. The largest absolute Gasteiger partial charge is 0.497 e. The monoisotopic (exact) mass is 417 g/mol. The lowest BCUT2D eigenvalue weighted by Crippen LogP contribution is -1.91. The normalized spacial score (nSPS) is 10.3. The number of nitrogens with one attached hydrogen (secondary N) is 1. The number of azide groups is 1. The number of hydrogen-bond donors (Lipinski definition) is 1. The molecule has 160 valence electrons. The standard InChI is InChI=1S/C19H16N2O2.C5H11N3/c1-22-13-9-12(10-14(11-13)23-2)18-19-16(7-8-20-18)15-5-3-4-6-17(15)21-19;1-2-3-4-5-7-8-6/h3-11,21H,1-2H3;2-5H2,1H3. The molecule has 0 spiro atoms. The van der Waals surface area contributed by atoms with Crippen molar-refractivity contribution in [3.05, 3.63) is 65.2 Å². The van der Waals surface area contributed by atoms with E-state index in [-0.39, 0.29) is 0 Å². The van der Waals surface area contributed by atoms with E-state index in [1.165, 1.54) is 18.2 Å². The Morgan fingerprint density at radius 1 is 1.00 bits per heavy atom. The van der Waals surface area contributed by atoms with Crippen molar-refractivity contribution in [1.29, 1.82) is 0 Å². The Labute approximate surface area is 181 Å². The van der Waals surface area contributed by atoms with Gasteiger partial charge in [-0.15, -0.1) is 0 Å². The van der Waals surface area contributed by atoms with Crippen molar-refractivity contribution in [3.8, 4) is 22.8 Å². The van der Waals surface area contributed by atoms with E-state index in [0.29, 0.717) is 6.54 Å². The van der Waals surface area contributed by atoms with Crippen molar-refractivity contribution < 1.29 is 9.47 Å². The Morgan fingerprint density at radius 2 is 1.74 bits per heavy atom. The molecule has 0 saturated carbocycles. The topological polar surface area (TPSA) is 95.9 Å². The first-order chi connectivity index (χ1) is 15.2. The van der Waals surface area contributed by atoms with Crippen LogP contribution in [0, 0.1) is 0 Å². The number of para-hydroxylation sites is 1. The van der Waals surface area contributed by atoms with Gasteiger partial charge in [-0.3, -0.25) is 4.98 Å². The molecular weight excluding hydrogens is 390 g/mol. The summed E-state index contributed by atoms with van der Waals surface area (Å²) in [4.78, 5) is 10.7. The van der Waals surface area contributed by atoms with Crippen molar-refractivity contribution in [2.75, 3.05) is 20.8 Å². The van der Waals surface area contributed by atoms with Crippen molar-refractivity contribution in [2.45, 2.75) is 26.2 Å². The lowest BCUT2D eigenvalue weighted by atomic mass is 10.1. The summed E-state index contributed by atoms with van der Waals surface area (Å²) < 4.78 is 10.7. The fourth-order valence-electron chi connectivity index (χ4n) is 3.41. The maximum absolute atomic E-state index is 7.82. The van der Waals surface area contributed by atoms with Crippen LogP contribution in [0.5, 0.6) is 11.5 Å². The molecule has 7 heteroatoms. The molecule has 0 fully saturated rings. The van der Waals surface area contributed by atoms with Crippen molar-refractivity contribution in [1.82, 2.24) is 9.97 Å². The molecule has 31 heavy (non-hydrogen) atoms. The first kappa shape index (κ1) is 22.0. The number of nitrogens with zero attached hydrogens (tertiary/aromatic N) is 4. The minimum atomic E-state index is 0.657. The molecule has 4 rings (SSSR count). The Bertz CT molecular complexity index is 1170. The molecule has 0 atom stereocenters. The summed E-state index contributed by atoms with van der Waals surface area (Å²) in [5.41, 5.74) is 11.8. The van der Waals surface area contributed by atoms with Gasteiger partial charge in [0.2, 0.25) is 0 Å². The number of pyridine rings is 1. The molecular formula is C24H27N5O2. The minimum absolute atomic E-state index is 0.657. The third kappa shape index (κ3) is 5.27. The molecule has 1 N–H and O–H groups in total. The average Bonchev–Trinajstić information content (AvgIpc) is 3.21. The molecule has 2 aromatic heterocycles. The van der Waals surface area contributed by atoms with Gasteiger partial charge in [0, 0.05) is 45.6 Å². The van der Waals surface area contributed by atoms with E-state index in [4.69, 9.17) is 15.0 Å². The van der Waals surface area contributed by atoms with E-state index >= 15 is 0 Å². The van der Waals surface area contributed by atoms with Gasteiger partial charge in [-0.1, -0.05) is 43.1 Å². The minimum Gasteiger partial charge on any atom is -0.497 e. The van der Waals surface area contributed by atoms with Crippen LogP contribution in [0.3, 0.4) is 0 Å². The highest BCUT2D eigenvalue weighted by molar-refractivity contribution is 6.10. The molecule has 0 aliphatic carbocycles. The van der Waals surface area contributed by atoms with Crippen LogP contribution in [0.2, 0.25) is 0 Å². The number of fused-ring (bicyclic) bond motifs is 3. The molecule has 2 heterocycles. The van der Waals surface area contributed by atoms with Gasteiger partial charge in [0.1, 0.15) is 11.5 Å². The van der Waals surface area contributed by atoms with Crippen LogP contribution in [-0.4, -0.2) is 30.7 Å². The first-order valence-corrected chi connectivity index (χ1v) is 10.3. The second kappa shape index (κ2) is 10.9. The predicted molar refractivity (Wildman–Crippen MR) is 126 cm³/mol. The van der Waals surface area contributed by atoms with E-state index in [1.807, 2.05) is 42.6 Å². The van der Waals surface area contributed by atoms with Gasteiger partial charge in [0.15, 0.2) is 0 Å². The lowest BCUT2D eigenvalue weighted by molar-refractivity contribution is 0.394. The summed E-state index contributed by atoms with van der Waals surface area (Å²) in [6.07, 6.45) is 5.21. The van der Waals surface area contributed by atoms with Gasteiger partial charge >= 0.3 is 0 Å². The maximum Gasteiger partial charge on any atom is 0.123 e. The molecule has 0 bridgehead atoms. The average molecular weight is 418 g/mol. The SMILES string of the molecule is CCCCCN=[N+]=[N-].COc1cc(OC)cc(-c2nccc3c2[nH]c2ccccc23)c1. The number of ether oxygens (including phenoxy) is 2. The summed E-state index contributed by atoms with van der Waals surface area (Å²) in [7, 11) is 3.30. The van der Waals surface area contributed by atoms with Crippen LogP contribution in [0.1, 0.15) is 26.2 Å². The number of rotatable bonds is 7. The number of hydrogen-bond acceptors (Lipinski definition) is 4. The summed E-state index contributed by atoms with van der Waals surface area (Å²) in [5.74, 6) is 1.49. The second-order valence-electron chi connectivity index (χ2n) is 7.02. The van der Waals surface area contributed by atoms with Crippen molar-refractivity contribution in [2.24, 2.45) is 5.11 Å². The second-order valence-corrected chi connectivity index (χ2v) is 7.02. The Morgan fingerprint density at radius 3 is 2.42 bits per heavy atom. The van der Waals surface area contributed by atoms with E-state index < -0.39 is 0 Å². The number of H-pyrrole nitrogens is 1. The number of aromatic amines is 1. The summed E-state index contributed by atoms with van der Waals surface area (Å²) >= 11 is 0. The summed E-state index contributed by atoms with van der Waals surface area (Å²) in [5, 5.41) is 5.74. The van der Waals surface area contributed by atoms with E-state index in [0.717, 1.165) is 45.6 Å². The lowest BCUT2D eigenvalue weighted by Gasteiger charge is -2.09. The van der Waals surface area contributed by atoms with Crippen molar-refractivity contribution in [3.63, 3.8) is 0 Å². The molecule has 4 aromatic rings. The third-order valence-electron chi connectivity index (χ3n) is 4.98. The molecule has 0 aliphatic rings. The molecule has 7 nitrogen and oxygen atoms in total. The van der Waals surface area contributed by atoms with Gasteiger partial charge in [0.25, 0.3) is 0 Å². The van der Waals surface area contributed by atoms with E-state index in [2.05, 4.69) is 39.1 Å². The van der Waals surface area contributed by atoms with Crippen LogP contribution < -0.4 is 9.47 Å². The van der Waals surface area contributed by atoms with Crippen LogP contribution in [-0.2, 0) is 0 Å². The fourth-order valence-corrected chi connectivity index (χ4v) is 3.41. The van der Waals surface area contributed by atoms with Crippen LogP contribution in [0.15, 0.2) is 59.8 Å².